The molecule has 2 unspecified atom stereocenters. The molecule has 0 aliphatic heterocycles. The zero-order valence-electron chi connectivity index (χ0n) is 27.2. The fourth-order valence-corrected chi connectivity index (χ4v) is 4.28. The van der Waals surface area contributed by atoms with Gasteiger partial charge in [-0.05, 0) is 44.9 Å². The van der Waals surface area contributed by atoms with Gasteiger partial charge in [-0.1, -0.05) is 82.4 Å². The van der Waals surface area contributed by atoms with Crippen LogP contribution in [-0.4, -0.2) is 80.6 Å². The molecule has 42 heavy (non-hydrogen) atoms. The average molecular weight is 595 g/mol. The number of allylic oxidation sites excluding steroid dienone is 6. The highest BCUT2D eigenvalue weighted by Gasteiger charge is 2.31. The Labute approximate surface area is 255 Å². The van der Waals surface area contributed by atoms with Gasteiger partial charge in [0.25, 0.3) is 0 Å². The minimum absolute atomic E-state index is 0.0523. The van der Waals surface area contributed by atoms with E-state index in [-0.39, 0.29) is 36.2 Å². The summed E-state index contributed by atoms with van der Waals surface area (Å²) in [5.41, 5.74) is 0. The molecule has 0 saturated carbocycles. The number of hydrogen-bond donors (Lipinski definition) is 1. The first-order valence-electron chi connectivity index (χ1n) is 16.0. The maximum absolute atomic E-state index is 12.5. The molecule has 0 saturated heterocycles. The van der Waals surface area contributed by atoms with E-state index in [2.05, 4.69) is 50.3 Å². The van der Waals surface area contributed by atoms with Crippen LogP contribution in [0.4, 0.5) is 0 Å². The van der Waals surface area contributed by atoms with Crippen molar-refractivity contribution in [3.8, 4) is 0 Å². The number of carbonyl (C=O) groups is 3. The first-order valence-corrected chi connectivity index (χ1v) is 16.0. The molecule has 0 aliphatic carbocycles. The van der Waals surface area contributed by atoms with Gasteiger partial charge in [0.15, 0.2) is 12.1 Å². The van der Waals surface area contributed by atoms with Crippen LogP contribution in [0.5, 0.6) is 0 Å². The van der Waals surface area contributed by atoms with Crippen LogP contribution in [0.15, 0.2) is 36.5 Å². The lowest BCUT2D eigenvalue weighted by Crippen LogP contribution is -2.50. The van der Waals surface area contributed by atoms with Gasteiger partial charge >= 0.3 is 17.9 Å². The van der Waals surface area contributed by atoms with E-state index in [0.29, 0.717) is 19.3 Å². The third-order valence-corrected chi connectivity index (χ3v) is 6.80. The molecule has 8 heteroatoms. The third kappa shape index (κ3) is 24.2. The predicted octanol–water partition coefficient (Wildman–Crippen LogP) is 7.18. The Bertz CT molecular complexity index is 798. The minimum Gasteiger partial charge on any atom is -0.477 e. The number of unbranched alkanes of at least 4 members (excludes halogenated alkanes) is 7. The number of carboxylic acids is 1. The molecular weight excluding hydrogens is 534 g/mol. The highest BCUT2D eigenvalue weighted by molar-refractivity contribution is 5.72. The van der Waals surface area contributed by atoms with E-state index in [0.717, 1.165) is 77.0 Å². The standard InChI is InChI=1S/C34H59NO7/c1-6-8-10-11-12-13-14-15-16-17-18-19-20-21-23-25-33(37)42-30(29-41-32(36)24-22-9-7-2)28-40-27-26-31(34(38)39)35(3,4)5/h8,10,12-13,15-16,30-31H,6-7,9,11,14,17-29H2,1-5H3/p+1/b10-8-,13-12-,16-15-. The summed E-state index contributed by atoms with van der Waals surface area (Å²) in [6, 6.07) is -0.612. The van der Waals surface area contributed by atoms with E-state index >= 15 is 0 Å². The molecule has 0 spiro atoms. The number of ether oxygens (including phenoxy) is 3. The molecule has 2 atom stereocenters. The van der Waals surface area contributed by atoms with Crippen molar-refractivity contribution in [3.05, 3.63) is 36.5 Å². The van der Waals surface area contributed by atoms with Gasteiger partial charge in [0.2, 0.25) is 0 Å². The van der Waals surface area contributed by atoms with E-state index in [1.54, 1.807) is 0 Å². The van der Waals surface area contributed by atoms with Crippen molar-refractivity contribution in [2.45, 2.75) is 122 Å². The number of esters is 2. The van der Waals surface area contributed by atoms with E-state index in [9.17, 15) is 19.5 Å². The van der Waals surface area contributed by atoms with E-state index in [4.69, 9.17) is 14.2 Å². The van der Waals surface area contributed by atoms with Crippen molar-refractivity contribution in [3.63, 3.8) is 0 Å². The van der Waals surface area contributed by atoms with E-state index < -0.39 is 18.1 Å². The van der Waals surface area contributed by atoms with Crippen LogP contribution < -0.4 is 0 Å². The molecule has 0 aromatic rings. The number of aliphatic carboxylic acids is 1. The van der Waals surface area contributed by atoms with Crippen molar-refractivity contribution < 1.29 is 38.2 Å². The van der Waals surface area contributed by atoms with Crippen molar-refractivity contribution >= 4 is 17.9 Å². The minimum atomic E-state index is -0.884. The second-order valence-electron chi connectivity index (χ2n) is 11.7. The Morgan fingerprint density at radius 1 is 0.738 bits per heavy atom. The van der Waals surface area contributed by atoms with Crippen molar-refractivity contribution in [2.24, 2.45) is 0 Å². The Balaban J connectivity index is 4.36. The SMILES string of the molecule is CC/C=C\C/C=C\C/C=C\CCCCCCCC(=O)OC(COCCC(C(=O)O)[N+](C)(C)C)COC(=O)CCCCC. The third-order valence-electron chi connectivity index (χ3n) is 6.80. The molecule has 0 aromatic heterocycles. The van der Waals surface area contributed by atoms with Crippen LogP contribution in [0.3, 0.4) is 0 Å². The summed E-state index contributed by atoms with van der Waals surface area (Å²) in [5, 5.41) is 9.50. The lowest BCUT2D eigenvalue weighted by atomic mass is 10.1. The largest absolute Gasteiger partial charge is 0.477 e. The lowest BCUT2D eigenvalue weighted by molar-refractivity contribution is -0.887. The molecule has 0 fully saturated rings. The van der Waals surface area contributed by atoms with Gasteiger partial charge in [0.1, 0.15) is 6.61 Å². The number of hydrogen-bond acceptors (Lipinski definition) is 6. The van der Waals surface area contributed by atoms with Crippen molar-refractivity contribution in [1.29, 1.82) is 0 Å². The maximum Gasteiger partial charge on any atom is 0.362 e. The number of carbonyl (C=O) groups excluding carboxylic acids is 2. The van der Waals surface area contributed by atoms with Crippen molar-refractivity contribution in [1.82, 2.24) is 0 Å². The number of rotatable bonds is 27. The Hall–Kier alpha value is -2.45. The number of likely N-dealkylation sites (N-methyl/N-ethyl adjacent to an activating group) is 1. The van der Waals surface area contributed by atoms with Gasteiger partial charge in [0.05, 0.1) is 34.4 Å². The van der Waals surface area contributed by atoms with Crippen LogP contribution in [0, 0.1) is 0 Å². The zero-order valence-corrected chi connectivity index (χ0v) is 27.2. The smallest absolute Gasteiger partial charge is 0.362 e. The molecule has 0 amide bonds. The summed E-state index contributed by atoms with van der Waals surface area (Å²) >= 11 is 0. The first kappa shape index (κ1) is 39.5. The molecule has 1 N–H and O–H groups in total. The molecular formula is C34H60NO7+. The van der Waals surface area contributed by atoms with E-state index in [1.165, 1.54) is 0 Å². The molecule has 0 aromatic carbocycles. The quantitative estimate of drug-likeness (QED) is 0.0465. The zero-order chi connectivity index (χ0) is 31.5. The number of quaternary nitrogens is 1. The Kier molecular flexibility index (Phi) is 24.7. The summed E-state index contributed by atoms with van der Waals surface area (Å²) in [6.45, 7) is 4.40. The number of nitrogens with zero attached hydrogens (tertiary/aromatic N) is 1. The fourth-order valence-electron chi connectivity index (χ4n) is 4.28. The fraction of sp³-hybridized carbons (Fsp3) is 0.735. The highest BCUT2D eigenvalue weighted by Crippen LogP contribution is 2.11. The van der Waals surface area contributed by atoms with Gasteiger partial charge in [-0.3, -0.25) is 9.59 Å². The highest BCUT2D eigenvalue weighted by atomic mass is 16.6. The van der Waals surface area contributed by atoms with Gasteiger partial charge in [-0.25, -0.2) is 4.79 Å². The van der Waals surface area contributed by atoms with Gasteiger partial charge < -0.3 is 23.8 Å². The Morgan fingerprint density at radius 2 is 1.33 bits per heavy atom. The topological polar surface area (TPSA) is 99.1 Å². The van der Waals surface area contributed by atoms with Crippen LogP contribution in [0.2, 0.25) is 0 Å². The van der Waals surface area contributed by atoms with Crippen LogP contribution in [0.1, 0.15) is 110 Å². The van der Waals surface area contributed by atoms with Crippen LogP contribution in [0.25, 0.3) is 0 Å². The average Bonchev–Trinajstić information content (AvgIpc) is 2.92. The summed E-state index contributed by atoms with van der Waals surface area (Å²) in [7, 11) is 5.48. The Morgan fingerprint density at radius 3 is 1.98 bits per heavy atom. The molecule has 0 heterocycles. The normalized spacial score (nSPS) is 13.6. The summed E-state index contributed by atoms with van der Waals surface area (Å²) in [4.78, 5) is 36.1. The molecule has 0 rings (SSSR count). The van der Waals surface area contributed by atoms with Crippen LogP contribution >= 0.6 is 0 Å². The van der Waals surface area contributed by atoms with Gasteiger partial charge in [-0.2, -0.15) is 0 Å². The maximum atomic E-state index is 12.5. The van der Waals surface area contributed by atoms with Gasteiger partial charge in [0, 0.05) is 19.3 Å². The predicted molar refractivity (Wildman–Crippen MR) is 169 cm³/mol. The second-order valence-corrected chi connectivity index (χ2v) is 11.7. The molecule has 8 nitrogen and oxygen atoms in total. The monoisotopic (exact) mass is 594 g/mol. The van der Waals surface area contributed by atoms with Gasteiger partial charge in [-0.15, -0.1) is 0 Å². The van der Waals surface area contributed by atoms with Crippen molar-refractivity contribution in [2.75, 3.05) is 41.0 Å². The van der Waals surface area contributed by atoms with E-state index in [1.807, 2.05) is 21.1 Å². The summed E-state index contributed by atoms with van der Waals surface area (Å²) < 4.78 is 16.9. The first-order chi connectivity index (χ1) is 20.1. The lowest BCUT2D eigenvalue weighted by Gasteiger charge is -2.31. The summed E-state index contributed by atoms with van der Waals surface area (Å²) in [5.74, 6) is -1.53. The second kappa shape index (κ2) is 26.2. The molecule has 0 aliphatic rings. The molecule has 0 bridgehead atoms. The number of carboxylic acid groups (broad SMARTS) is 1. The van der Waals surface area contributed by atoms with Crippen LogP contribution in [-0.2, 0) is 28.6 Å². The summed E-state index contributed by atoms with van der Waals surface area (Å²) in [6.07, 6.45) is 25.4. The molecule has 0 radical (unpaired) electrons. The molecule has 242 valence electrons.